The van der Waals surface area contributed by atoms with Crippen molar-refractivity contribution >= 4 is 11.8 Å². The van der Waals surface area contributed by atoms with Gasteiger partial charge < -0.3 is 5.32 Å². The molecule has 1 aliphatic rings. The van der Waals surface area contributed by atoms with Crippen LogP contribution >= 0.6 is 11.8 Å². The van der Waals surface area contributed by atoms with Gasteiger partial charge in [-0.3, -0.25) is 0 Å². The third-order valence-corrected chi connectivity index (χ3v) is 4.50. The third kappa shape index (κ3) is 5.26. The topological polar surface area (TPSA) is 12.0 Å². The molecular formula is C13H27NS. The van der Waals surface area contributed by atoms with Crippen molar-refractivity contribution in [3.8, 4) is 0 Å². The molecule has 1 saturated carbocycles. The second-order valence-electron chi connectivity index (χ2n) is 4.61. The molecule has 0 bridgehead atoms. The number of hydrogen-bond acceptors (Lipinski definition) is 2. The average Bonchev–Trinajstić information content (AvgIpc) is 2.66. The summed E-state index contributed by atoms with van der Waals surface area (Å²) < 4.78 is 0. The zero-order chi connectivity index (χ0) is 10.9. The van der Waals surface area contributed by atoms with Crippen molar-refractivity contribution < 1.29 is 0 Å². The quantitative estimate of drug-likeness (QED) is 0.637. The summed E-state index contributed by atoms with van der Waals surface area (Å²) in [5, 5.41) is 3.64. The Balaban J connectivity index is 2.03. The first-order valence-electron chi connectivity index (χ1n) is 6.69. The molecule has 0 saturated heterocycles. The van der Waals surface area contributed by atoms with Crippen molar-refractivity contribution in [1.82, 2.24) is 5.32 Å². The molecule has 1 rings (SSSR count). The molecule has 0 radical (unpaired) electrons. The fourth-order valence-corrected chi connectivity index (χ4v) is 3.66. The third-order valence-electron chi connectivity index (χ3n) is 3.40. The lowest BCUT2D eigenvalue weighted by molar-refractivity contribution is 0.400. The van der Waals surface area contributed by atoms with Gasteiger partial charge in [0.2, 0.25) is 0 Å². The van der Waals surface area contributed by atoms with Crippen molar-refractivity contribution in [3.05, 3.63) is 0 Å². The number of unbranched alkanes of at least 4 members (excludes halogenated alkanes) is 1. The first-order valence-corrected chi connectivity index (χ1v) is 7.85. The Morgan fingerprint density at radius 1 is 1.20 bits per heavy atom. The number of rotatable bonds is 8. The van der Waals surface area contributed by atoms with E-state index in [0.717, 1.165) is 18.5 Å². The van der Waals surface area contributed by atoms with Crippen molar-refractivity contribution in [3.63, 3.8) is 0 Å². The van der Waals surface area contributed by atoms with E-state index in [4.69, 9.17) is 0 Å². The van der Waals surface area contributed by atoms with Crippen LogP contribution in [0.25, 0.3) is 0 Å². The van der Waals surface area contributed by atoms with Crippen LogP contribution in [-0.4, -0.2) is 24.1 Å². The number of nitrogens with one attached hydrogen (secondary N) is 1. The molecule has 2 heteroatoms. The van der Waals surface area contributed by atoms with E-state index in [-0.39, 0.29) is 0 Å². The molecule has 0 aromatic carbocycles. The second kappa shape index (κ2) is 8.46. The Kier molecular flexibility index (Phi) is 7.54. The Morgan fingerprint density at radius 3 is 2.80 bits per heavy atom. The molecule has 0 aromatic heterocycles. The maximum Gasteiger partial charge on any atom is 0.00955 e. The Bertz CT molecular complexity index is 149. The van der Waals surface area contributed by atoms with Crippen LogP contribution in [0.4, 0.5) is 0 Å². The summed E-state index contributed by atoms with van der Waals surface area (Å²) in [6.45, 7) is 5.65. The lowest BCUT2D eigenvalue weighted by Gasteiger charge is -2.19. The predicted octanol–water partition coefficient (Wildman–Crippen LogP) is 3.69. The maximum atomic E-state index is 3.64. The van der Waals surface area contributed by atoms with Crippen LogP contribution in [0, 0.1) is 5.92 Å². The molecule has 1 nitrogen and oxygen atoms in total. The highest BCUT2D eigenvalue weighted by Gasteiger charge is 2.25. The molecule has 0 heterocycles. The van der Waals surface area contributed by atoms with Gasteiger partial charge in [0.15, 0.2) is 0 Å². The van der Waals surface area contributed by atoms with Gasteiger partial charge in [-0.25, -0.2) is 0 Å². The van der Waals surface area contributed by atoms with Crippen molar-refractivity contribution in [2.75, 3.05) is 18.1 Å². The van der Waals surface area contributed by atoms with Crippen LogP contribution in [0.2, 0.25) is 0 Å². The monoisotopic (exact) mass is 229 g/mol. The van der Waals surface area contributed by atoms with Gasteiger partial charge in [-0.15, -0.1) is 0 Å². The van der Waals surface area contributed by atoms with Crippen LogP contribution < -0.4 is 5.32 Å². The number of thioether (sulfide) groups is 1. The van der Waals surface area contributed by atoms with E-state index < -0.39 is 0 Å². The minimum atomic E-state index is 0.835. The normalized spacial score (nSPS) is 26.0. The Labute approximate surface area is 99.8 Å². The fraction of sp³-hybridized carbons (Fsp3) is 1.00. The predicted molar refractivity (Wildman–Crippen MR) is 71.7 cm³/mol. The van der Waals surface area contributed by atoms with Crippen LogP contribution in [0.3, 0.4) is 0 Å². The highest BCUT2D eigenvalue weighted by atomic mass is 32.2. The Hall–Kier alpha value is 0.310. The zero-order valence-corrected chi connectivity index (χ0v) is 11.2. The van der Waals surface area contributed by atoms with Crippen LogP contribution in [-0.2, 0) is 0 Å². The standard InChI is InChI=1S/C13H27NS/c1-3-5-10-15-11-9-12-7-6-8-13(12)14-4-2/h12-14H,3-11H2,1-2H3. The molecule has 0 aromatic rings. The van der Waals surface area contributed by atoms with Crippen LogP contribution in [0.5, 0.6) is 0 Å². The second-order valence-corrected chi connectivity index (χ2v) is 5.83. The van der Waals surface area contributed by atoms with Gasteiger partial charge >= 0.3 is 0 Å². The first kappa shape index (κ1) is 13.4. The van der Waals surface area contributed by atoms with Crippen LogP contribution in [0.1, 0.15) is 52.4 Å². The van der Waals surface area contributed by atoms with Gasteiger partial charge in [0.05, 0.1) is 0 Å². The van der Waals surface area contributed by atoms with Gasteiger partial charge in [-0.2, -0.15) is 11.8 Å². The summed E-state index contributed by atoms with van der Waals surface area (Å²) in [4.78, 5) is 0. The largest absolute Gasteiger partial charge is 0.314 e. The summed E-state index contributed by atoms with van der Waals surface area (Å²) >= 11 is 2.16. The summed E-state index contributed by atoms with van der Waals surface area (Å²) in [6.07, 6.45) is 8.50. The van der Waals surface area contributed by atoms with E-state index in [1.807, 2.05) is 0 Å². The van der Waals surface area contributed by atoms with Gasteiger partial charge in [0.1, 0.15) is 0 Å². The fourth-order valence-electron chi connectivity index (χ4n) is 2.50. The smallest absolute Gasteiger partial charge is 0.00955 e. The van der Waals surface area contributed by atoms with Crippen molar-refractivity contribution in [1.29, 1.82) is 0 Å². The SMILES string of the molecule is CCCCSCCC1CCCC1NCC. The minimum Gasteiger partial charge on any atom is -0.314 e. The molecule has 2 unspecified atom stereocenters. The van der Waals surface area contributed by atoms with E-state index in [9.17, 15) is 0 Å². The average molecular weight is 229 g/mol. The molecule has 1 N–H and O–H groups in total. The summed E-state index contributed by atoms with van der Waals surface area (Å²) in [7, 11) is 0. The molecule has 90 valence electrons. The molecule has 0 aliphatic heterocycles. The van der Waals surface area contributed by atoms with E-state index in [0.29, 0.717) is 0 Å². The lowest BCUT2D eigenvalue weighted by atomic mass is 10.0. The lowest BCUT2D eigenvalue weighted by Crippen LogP contribution is -2.32. The molecule has 15 heavy (non-hydrogen) atoms. The maximum absolute atomic E-state index is 3.64. The molecule has 1 aliphatic carbocycles. The summed E-state index contributed by atoms with van der Waals surface area (Å²) in [6, 6.07) is 0.835. The summed E-state index contributed by atoms with van der Waals surface area (Å²) in [5.41, 5.74) is 0. The Morgan fingerprint density at radius 2 is 2.07 bits per heavy atom. The molecule has 0 spiro atoms. The molecule has 0 amide bonds. The molecule has 2 atom stereocenters. The van der Waals surface area contributed by atoms with E-state index in [2.05, 4.69) is 30.9 Å². The van der Waals surface area contributed by atoms with Crippen LogP contribution in [0.15, 0.2) is 0 Å². The van der Waals surface area contributed by atoms with Gasteiger partial charge in [-0.1, -0.05) is 26.7 Å². The summed E-state index contributed by atoms with van der Waals surface area (Å²) in [5.74, 6) is 3.72. The van der Waals surface area contributed by atoms with Gasteiger partial charge in [0, 0.05) is 6.04 Å². The molecule has 1 fully saturated rings. The van der Waals surface area contributed by atoms with Crippen molar-refractivity contribution in [2.24, 2.45) is 5.92 Å². The highest BCUT2D eigenvalue weighted by Crippen LogP contribution is 2.29. The number of hydrogen-bond donors (Lipinski definition) is 1. The molecular weight excluding hydrogens is 202 g/mol. The van der Waals surface area contributed by atoms with Gasteiger partial charge in [0.25, 0.3) is 0 Å². The van der Waals surface area contributed by atoms with Crippen molar-refractivity contribution in [2.45, 2.75) is 58.4 Å². The van der Waals surface area contributed by atoms with E-state index >= 15 is 0 Å². The highest BCUT2D eigenvalue weighted by molar-refractivity contribution is 7.99. The zero-order valence-electron chi connectivity index (χ0n) is 10.4. The minimum absolute atomic E-state index is 0.835. The first-order chi connectivity index (χ1) is 7.38. The van der Waals surface area contributed by atoms with Gasteiger partial charge in [-0.05, 0) is 49.7 Å². The van der Waals surface area contributed by atoms with E-state index in [1.165, 1.54) is 50.0 Å². The van der Waals surface area contributed by atoms with E-state index in [1.54, 1.807) is 0 Å².